The minimum absolute atomic E-state index is 0. The smallest absolute Gasteiger partial charge is 0.321 e. The zero-order valence-corrected chi connectivity index (χ0v) is 10.1. The van der Waals surface area contributed by atoms with Crippen LogP contribution in [0.3, 0.4) is 0 Å². The largest absolute Gasteiger partial charge is 0.480 e. The minimum Gasteiger partial charge on any atom is -0.480 e. The molecule has 1 saturated carbocycles. The Balaban J connectivity index is 0.000001000. The number of carboxylic acids is 2. The number of aliphatic carboxylic acids is 2. The standard InChI is InChI=1S/C6H8O4.Cd/c7-4(8)6(5(9)10)2-1-3-6;/h1-3H2,(H,7,8)(H,9,10);. The van der Waals surface area contributed by atoms with Crippen molar-refractivity contribution in [3.63, 3.8) is 0 Å². The molecule has 0 radical (unpaired) electrons. The number of carbonyl (C=O) groups is 2. The van der Waals surface area contributed by atoms with Crippen molar-refractivity contribution in [3.8, 4) is 0 Å². The molecule has 0 saturated heterocycles. The van der Waals surface area contributed by atoms with Gasteiger partial charge in [0.15, 0.2) is 5.41 Å². The number of carboxylic acid groups (broad SMARTS) is 2. The predicted octanol–water partition coefficient (Wildman–Crippen LogP) is 0.323. The maximum atomic E-state index is 10.4. The Bertz CT molecular complexity index is 169. The van der Waals surface area contributed by atoms with Crippen LogP contribution in [0.25, 0.3) is 0 Å². The predicted molar refractivity (Wildman–Crippen MR) is 31.6 cm³/mol. The fraction of sp³-hybridized carbons (Fsp3) is 0.667. The average Bonchev–Trinajstić information content (AvgIpc) is 1.57. The van der Waals surface area contributed by atoms with Crippen LogP contribution >= 0.6 is 0 Å². The maximum Gasteiger partial charge on any atom is 0.321 e. The Labute approximate surface area is 83.8 Å². The topological polar surface area (TPSA) is 74.6 Å². The second-order valence-electron chi connectivity index (χ2n) is 2.55. The molecule has 58 valence electrons. The summed E-state index contributed by atoms with van der Waals surface area (Å²) in [5.74, 6) is -2.41. The van der Waals surface area contributed by atoms with Crippen LogP contribution in [-0.4, -0.2) is 22.2 Å². The van der Waals surface area contributed by atoms with Crippen molar-refractivity contribution in [1.29, 1.82) is 0 Å². The molecule has 1 aliphatic carbocycles. The molecular weight excluding hydrogens is 248 g/mol. The second-order valence-corrected chi connectivity index (χ2v) is 2.55. The minimum atomic E-state index is -1.44. The molecule has 0 aromatic carbocycles. The molecule has 0 aromatic rings. The van der Waals surface area contributed by atoms with E-state index in [9.17, 15) is 9.59 Å². The zero-order valence-electron chi connectivity index (χ0n) is 6.04. The molecule has 1 aliphatic rings. The summed E-state index contributed by atoms with van der Waals surface area (Å²) >= 11 is 0. The van der Waals surface area contributed by atoms with Gasteiger partial charge in [-0.1, -0.05) is 0 Å². The van der Waals surface area contributed by atoms with E-state index >= 15 is 0 Å². The van der Waals surface area contributed by atoms with Gasteiger partial charge in [0.2, 0.25) is 0 Å². The zero-order chi connectivity index (χ0) is 7.78. The molecule has 2 N–H and O–H groups in total. The quantitative estimate of drug-likeness (QED) is 0.551. The molecule has 5 heteroatoms. The van der Waals surface area contributed by atoms with Crippen molar-refractivity contribution < 1.29 is 47.1 Å². The molecule has 0 unspecified atom stereocenters. The first-order chi connectivity index (χ1) is 4.59. The molecule has 0 aliphatic heterocycles. The van der Waals surface area contributed by atoms with Crippen molar-refractivity contribution in [1.82, 2.24) is 0 Å². The summed E-state index contributed by atoms with van der Waals surface area (Å²) in [5, 5.41) is 16.9. The van der Waals surface area contributed by atoms with E-state index in [2.05, 4.69) is 0 Å². The van der Waals surface area contributed by atoms with Crippen LogP contribution in [0.5, 0.6) is 0 Å². The Morgan fingerprint density at radius 3 is 1.45 bits per heavy atom. The van der Waals surface area contributed by atoms with Crippen LogP contribution in [0.2, 0.25) is 0 Å². The normalized spacial score (nSPS) is 19.3. The Kier molecular flexibility index (Phi) is 3.46. The van der Waals surface area contributed by atoms with E-state index in [1.165, 1.54) is 0 Å². The first-order valence-electron chi connectivity index (χ1n) is 3.06. The van der Waals surface area contributed by atoms with Crippen LogP contribution in [0.15, 0.2) is 0 Å². The first kappa shape index (κ1) is 10.9. The summed E-state index contributed by atoms with van der Waals surface area (Å²) in [7, 11) is 0. The van der Waals surface area contributed by atoms with Crippen LogP contribution in [0, 0.1) is 5.41 Å². The summed E-state index contributed by atoms with van der Waals surface area (Å²) in [4.78, 5) is 20.7. The Hall–Kier alpha value is -0.138. The molecule has 4 nitrogen and oxygen atoms in total. The third-order valence-corrected chi connectivity index (χ3v) is 2.03. The number of hydrogen-bond donors (Lipinski definition) is 2. The molecule has 0 amide bonds. The van der Waals surface area contributed by atoms with Crippen molar-refractivity contribution in [2.75, 3.05) is 0 Å². The molecular formula is C6H8CdO4. The van der Waals surface area contributed by atoms with Gasteiger partial charge in [0, 0.05) is 27.3 Å². The van der Waals surface area contributed by atoms with Gasteiger partial charge in [-0.3, -0.25) is 9.59 Å². The molecule has 0 atom stereocenters. The molecule has 0 bridgehead atoms. The third kappa shape index (κ3) is 1.55. The molecule has 0 heterocycles. The van der Waals surface area contributed by atoms with Gasteiger partial charge in [-0.2, -0.15) is 0 Å². The molecule has 1 rings (SSSR count). The average molecular weight is 257 g/mol. The van der Waals surface area contributed by atoms with Crippen LogP contribution in [-0.2, 0) is 36.9 Å². The summed E-state index contributed by atoms with van der Waals surface area (Å²) in [6, 6.07) is 0. The molecule has 1 fully saturated rings. The van der Waals surface area contributed by atoms with Crippen molar-refractivity contribution in [3.05, 3.63) is 0 Å². The second kappa shape index (κ2) is 3.51. The summed E-state index contributed by atoms with van der Waals surface area (Å²) in [6.07, 6.45) is 1.26. The monoisotopic (exact) mass is 258 g/mol. The van der Waals surface area contributed by atoms with E-state index in [0.29, 0.717) is 6.42 Å². The first-order valence-corrected chi connectivity index (χ1v) is 3.06. The maximum absolute atomic E-state index is 10.4. The van der Waals surface area contributed by atoms with E-state index in [4.69, 9.17) is 10.2 Å². The van der Waals surface area contributed by atoms with Crippen LogP contribution in [0.1, 0.15) is 19.3 Å². The van der Waals surface area contributed by atoms with Crippen molar-refractivity contribution in [2.45, 2.75) is 19.3 Å². The molecule has 11 heavy (non-hydrogen) atoms. The van der Waals surface area contributed by atoms with Crippen LogP contribution in [0.4, 0.5) is 0 Å². The van der Waals surface area contributed by atoms with Gasteiger partial charge < -0.3 is 10.2 Å². The van der Waals surface area contributed by atoms with E-state index in [0.717, 1.165) is 0 Å². The van der Waals surface area contributed by atoms with Gasteiger partial charge in [0.05, 0.1) is 0 Å². The molecule has 0 aromatic heterocycles. The van der Waals surface area contributed by atoms with E-state index in [-0.39, 0.29) is 40.1 Å². The van der Waals surface area contributed by atoms with Gasteiger partial charge in [-0.25, -0.2) is 0 Å². The van der Waals surface area contributed by atoms with Crippen LogP contribution < -0.4 is 0 Å². The van der Waals surface area contributed by atoms with E-state index < -0.39 is 17.4 Å². The number of hydrogen-bond acceptors (Lipinski definition) is 2. The number of rotatable bonds is 2. The van der Waals surface area contributed by atoms with Gasteiger partial charge in [0.1, 0.15) is 0 Å². The van der Waals surface area contributed by atoms with Gasteiger partial charge in [0.25, 0.3) is 0 Å². The summed E-state index contributed by atoms with van der Waals surface area (Å²) in [5.41, 5.74) is -1.44. The van der Waals surface area contributed by atoms with Gasteiger partial charge in [-0.05, 0) is 19.3 Å². The Morgan fingerprint density at radius 1 is 1.09 bits per heavy atom. The van der Waals surface area contributed by atoms with Crippen molar-refractivity contribution >= 4 is 11.9 Å². The van der Waals surface area contributed by atoms with Gasteiger partial charge >= 0.3 is 11.9 Å². The fourth-order valence-electron chi connectivity index (χ4n) is 1.05. The summed E-state index contributed by atoms with van der Waals surface area (Å²) < 4.78 is 0. The van der Waals surface area contributed by atoms with E-state index in [1.54, 1.807) is 0 Å². The van der Waals surface area contributed by atoms with E-state index in [1.807, 2.05) is 0 Å². The third-order valence-electron chi connectivity index (χ3n) is 2.03. The Morgan fingerprint density at radius 2 is 1.45 bits per heavy atom. The van der Waals surface area contributed by atoms with Crippen molar-refractivity contribution in [2.24, 2.45) is 5.41 Å². The van der Waals surface area contributed by atoms with Gasteiger partial charge in [-0.15, -0.1) is 0 Å². The fourth-order valence-corrected chi connectivity index (χ4v) is 1.05. The summed E-state index contributed by atoms with van der Waals surface area (Å²) in [6.45, 7) is 0. The SMILES string of the molecule is O=C(O)C1(C(=O)O)CCC1.[Cd]. The molecule has 0 spiro atoms.